The lowest BCUT2D eigenvalue weighted by Crippen LogP contribution is -2.20. The zero-order chi connectivity index (χ0) is 23.2. The van der Waals surface area contributed by atoms with Gasteiger partial charge in [0.2, 0.25) is 0 Å². The first-order valence-corrected chi connectivity index (χ1v) is 10.6. The Morgan fingerprint density at radius 3 is 2.39 bits per heavy atom. The quantitative estimate of drug-likeness (QED) is 0.464. The van der Waals surface area contributed by atoms with Gasteiger partial charge >= 0.3 is 0 Å². The molecule has 0 bridgehead atoms. The number of carbonyl (C=O) groups is 2. The molecule has 2 heterocycles. The molecule has 0 spiro atoms. The number of hydrogen-bond donors (Lipinski definition) is 4. The average Bonchev–Trinajstić information content (AvgIpc) is 2.85. The first-order valence-electron chi connectivity index (χ1n) is 10.6. The van der Waals surface area contributed by atoms with E-state index < -0.39 is 11.8 Å². The summed E-state index contributed by atoms with van der Waals surface area (Å²) in [6, 6.07) is 14.8. The molecule has 0 atom stereocenters. The fourth-order valence-electron chi connectivity index (χ4n) is 3.51. The molecule has 0 saturated heterocycles. The van der Waals surface area contributed by atoms with E-state index in [0.29, 0.717) is 23.5 Å². The number of carbonyl (C=O) groups excluding carboxylic acids is 2. The highest BCUT2D eigenvalue weighted by Gasteiger charge is 2.14. The highest BCUT2D eigenvalue weighted by molar-refractivity contribution is 6.06. The van der Waals surface area contributed by atoms with E-state index in [1.165, 1.54) is 24.4 Å². The largest absolute Gasteiger partial charge is 0.326 e. The van der Waals surface area contributed by atoms with Gasteiger partial charge in [-0.3, -0.25) is 14.6 Å². The van der Waals surface area contributed by atoms with E-state index in [4.69, 9.17) is 5.73 Å². The highest BCUT2D eigenvalue weighted by Crippen LogP contribution is 2.25. The minimum absolute atomic E-state index is 0.167. The van der Waals surface area contributed by atoms with Crippen LogP contribution in [0.4, 0.5) is 15.8 Å². The number of benzene rings is 2. The van der Waals surface area contributed by atoms with Gasteiger partial charge in [0, 0.05) is 36.2 Å². The van der Waals surface area contributed by atoms with Crippen LogP contribution in [0.5, 0.6) is 0 Å². The van der Waals surface area contributed by atoms with Crippen LogP contribution < -0.4 is 21.7 Å². The summed E-state index contributed by atoms with van der Waals surface area (Å²) in [5, 5.41) is 8.61. The van der Waals surface area contributed by atoms with Crippen LogP contribution in [0, 0.1) is 5.82 Å². The lowest BCUT2D eigenvalue weighted by molar-refractivity contribution is 0.101. The Labute approximate surface area is 190 Å². The molecule has 1 aromatic heterocycles. The number of hydrogen-bond acceptors (Lipinski definition) is 5. The number of nitrogens with zero attached hydrogens (tertiary/aromatic N) is 1. The topological polar surface area (TPSA) is 109 Å². The summed E-state index contributed by atoms with van der Waals surface area (Å²) in [5.74, 6) is -1.22. The van der Waals surface area contributed by atoms with E-state index in [0.717, 1.165) is 30.6 Å². The number of pyridine rings is 1. The second-order valence-electron chi connectivity index (χ2n) is 7.62. The molecule has 168 valence electrons. The number of aromatic nitrogens is 1. The molecule has 2 amide bonds. The summed E-state index contributed by atoms with van der Waals surface area (Å²) < 4.78 is 14.6. The standard InChI is InChI=1S/C25H24FN5O2/c26-22-13-20(6-7-21(22)17-9-11-28-12-10-17)31-24(32)18-3-8-23(29-15-18)25(33)30-19-4-1-16(14-27)2-5-19/h1-9,13,15,28H,10-12,14,27H2,(H,30,33)(H,31,32). The van der Waals surface area contributed by atoms with E-state index in [9.17, 15) is 14.0 Å². The summed E-state index contributed by atoms with van der Waals surface area (Å²) in [4.78, 5) is 29.0. The lowest BCUT2D eigenvalue weighted by atomic mass is 9.99. The summed E-state index contributed by atoms with van der Waals surface area (Å²) in [7, 11) is 0. The Morgan fingerprint density at radius 1 is 1.00 bits per heavy atom. The number of amides is 2. The predicted octanol–water partition coefficient (Wildman–Crippen LogP) is 3.56. The molecular weight excluding hydrogens is 421 g/mol. The van der Waals surface area contributed by atoms with Crippen molar-refractivity contribution in [2.45, 2.75) is 13.0 Å². The first-order chi connectivity index (χ1) is 16.0. The molecule has 33 heavy (non-hydrogen) atoms. The van der Waals surface area contributed by atoms with E-state index in [1.54, 1.807) is 24.3 Å². The molecular formula is C25H24FN5O2. The van der Waals surface area contributed by atoms with Gasteiger partial charge in [-0.15, -0.1) is 0 Å². The molecule has 0 aliphatic carbocycles. The Bertz CT molecular complexity index is 1190. The van der Waals surface area contributed by atoms with Gasteiger partial charge in [0.1, 0.15) is 11.5 Å². The van der Waals surface area contributed by atoms with Crippen LogP contribution in [-0.4, -0.2) is 29.9 Å². The maximum atomic E-state index is 14.6. The Morgan fingerprint density at radius 2 is 1.76 bits per heavy atom. The van der Waals surface area contributed by atoms with Crippen molar-refractivity contribution < 1.29 is 14.0 Å². The van der Waals surface area contributed by atoms with Gasteiger partial charge in [-0.25, -0.2) is 4.39 Å². The van der Waals surface area contributed by atoms with Crippen molar-refractivity contribution in [1.29, 1.82) is 0 Å². The van der Waals surface area contributed by atoms with E-state index >= 15 is 0 Å². The maximum Gasteiger partial charge on any atom is 0.274 e. The maximum absolute atomic E-state index is 14.6. The third-order valence-electron chi connectivity index (χ3n) is 5.34. The monoisotopic (exact) mass is 445 g/mol. The van der Waals surface area contributed by atoms with Gasteiger partial charge in [-0.1, -0.05) is 18.2 Å². The minimum atomic E-state index is -0.444. The van der Waals surface area contributed by atoms with Crippen molar-refractivity contribution in [3.05, 3.63) is 95.1 Å². The molecule has 2 aromatic carbocycles. The van der Waals surface area contributed by atoms with Crippen LogP contribution in [0.15, 0.2) is 66.9 Å². The predicted molar refractivity (Wildman–Crippen MR) is 126 cm³/mol. The van der Waals surface area contributed by atoms with Crippen LogP contribution in [0.25, 0.3) is 5.57 Å². The van der Waals surface area contributed by atoms with Crippen molar-refractivity contribution in [2.24, 2.45) is 5.73 Å². The van der Waals surface area contributed by atoms with Crippen molar-refractivity contribution >= 4 is 28.8 Å². The molecule has 5 N–H and O–H groups in total. The second-order valence-corrected chi connectivity index (χ2v) is 7.62. The smallest absolute Gasteiger partial charge is 0.274 e. The number of halogens is 1. The van der Waals surface area contributed by atoms with Crippen molar-refractivity contribution in [3.63, 3.8) is 0 Å². The van der Waals surface area contributed by atoms with E-state index in [1.807, 2.05) is 18.2 Å². The molecule has 0 unspecified atom stereocenters. The summed E-state index contributed by atoms with van der Waals surface area (Å²) in [6.07, 6.45) is 4.04. The highest BCUT2D eigenvalue weighted by atomic mass is 19.1. The van der Waals surface area contributed by atoms with Gasteiger partial charge in [0.25, 0.3) is 11.8 Å². The van der Waals surface area contributed by atoms with Crippen LogP contribution in [-0.2, 0) is 6.54 Å². The van der Waals surface area contributed by atoms with Gasteiger partial charge in [-0.2, -0.15) is 0 Å². The van der Waals surface area contributed by atoms with Gasteiger partial charge in [0.05, 0.1) is 5.56 Å². The van der Waals surface area contributed by atoms with Gasteiger partial charge in [0.15, 0.2) is 0 Å². The van der Waals surface area contributed by atoms with E-state index in [-0.39, 0.29) is 17.1 Å². The summed E-state index contributed by atoms with van der Waals surface area (Å²) in [5.41, 5.74) is 9.41. The second kappa shape index (κ2) is 10.2. The fraction of sp³-hybridized carbons (Fsp3) is 0.160. The Balaban J connectivity index is 1.39. The van der Waals surface area contributed by atoms with Crippen molar-refractivity contribution in [1.82, 2.24) is 10.3 Å². The molecule has 4 rings (SSSR count). The van der Waals surface area contributed by atoms with Gasteiger partial charge < -0.3 is 21.7 Å². The van der Waals surface area contributed by atoms with Crippen LogP contribution in [0.1, 0.15) is 38.4 Å². The molecule has 0 radical (unpaired) electrons. The third-order valence-corrected chi connectivity index (χ3v) is 5.34. The minimum Gasteiger partial charge on any atom is -0.326 e. The Hall–Kier alpha value is -3.88. The zero-order valence-corrected chi connectivity index (χ0v) is 17.9. The number of nitrogens with two attached hydrogens (primary N) is 1. The number of anilines is 2. The molecule has 0 fully saturated rings. The van der Waals surface area contributed by atoms with Crippen LogP contribution in [0.3, 0.4) is 0 Å². The zero-order valence-electron chi connectivity index (χ0n) is 17.9. The number of nitrogens with one attached hydrogen (secondary N) is 3. The molecule has 1 aliphatic heterocycles. The molecule has 3 aromatic rings. The van der Waals surface area contributed by atoms with Crippen molar-refractivity contribution in [3.8, 4) is 0 Å². The van der Waals surface area contributed by atoms with Gasteiger partial charge in [-0.05, 0) is 66.6 Å². The van der Waals surface area contributed by atoms with Crippen LogP contribution in [0.2, 0.25) is 0 Å². The van der Waals surface area contributed by atoms with Crippen molar-refractivity contribution in [2.75, 3.05) is 23.7 Å². The van der Waals surface area contributed by atoms with Crippen LogP contribution >= 0.6 is 0 Å². The Kier molecular flexibility index (Phi) is 6.87. The normalized spacial score (nSPS) is 13.2. The van der Waals surface area contributed by atoms with E-state index in [2.05, 4.69) is 20.9 Å². The molecule has 1 aliphatic rings. The third kappa shape index (κ3) is 5.49. The average molecular weight is 445 g/mol. The first kappa shape index (κ1) is 22.3. The SMILES string of the molecule is NCc1ccc(NC(=O)c2ccc(C(=O)Nc3ccc(C4=CCNCC4)c(F)c3)cn2)cc1. The lowest BCUT2D eigenvalue weighted by Gasteiger charge is -2.15. The molecule has 8 heteroatoms. The summed E-state index contributed by atoms with van der Waals surface area (Å²) >= 11 is 0. The molecule has 0 saturated carbocycles. The summed E-state index contributed by atoms with van der Waals surface area (Å²) in [6.45, 7) is 1.95. The number of rotatable bonds is 6. The molecule has 7 nitrogen and oxygen atoms in total. The fourth-order valence-corrected chi connectivity index (χ4v) is 3.51.